The van der Waals surface area contributed by atoms with Crippen molar-refractivity contribution >= 4 is 5.91 Å². The van der Waals surface area contributed by atoms with Crippen LogP contribution in [-0.4, -0.2) is 59.2 Å². The van der Waals surface area contributed by atoms with Crippen LogP contribution in [0.15, 0.2) is 12.1 Å². The minimum atomic E-state index is 0.121. The molecule has 0 aliphatic carbocycles. The summed E-state index contributed by atoms with van der Waals surface area (Å²) >= 11 is 0. The van der Waals surface area contributed by atoms with Crippen LogP contribution < -0.4 is 0 Å². The molecule has 1 aromatic rings. The summed E-state index contributed by atoms with van der Waals surface area (Å²) in [7, 11) is 0. The Kier molecular flexibility index (Phi) is 5.88. The Morgan fingerprint density at radius 1 is 1.12 bits per heavy atom. The molecule has 5 heteroatoms. The molecule has 3 rings (SSSR count). The monoisotopic (exact) mass is 360 g/mol. The molecule has 26 heavy (non-hydrogen) atoms. The summed E-state index contributed by atoms with van der Waals surface area (Å²) in [5, 5.41) is 10.2. The van der Waals surface area contributed by atoms with E-state index in [0.717, 1.165) is 43.6 Å². The van der Waals surface area contributed by atoms with Gasteiger partial charge in [-0.3, -0.25) is 9.69 Å². The minimum absolute atomic E-state index is 0.121. The molecule has 0 radical (unpaired) electrons. The topological polar surface area (TPSA) is 53.0 Å². The number of ether oxygens (including phenoxy) is 1. The van der Waals surface area contributed by atoms with Crippen LogP contribution in [-0.2, 0) is 16.1 Å². The fraction of sp³-hybridized carbons (Fsp3) is 0.667. The normalized spacial score (nSPS) is 25.5. The average molecular weight is 360 g/mol. The summed E-state index contributed by atoms with van der Waals surface area (Å²) < 4.78 is 5.74. The highest BCUT2D eigenvalue weighted by atomic mass is 16.5. The third kappa shape index (κ3) is 4.38. The Balaban J connectivity index is 1.54. The van der Waals surface area contributed by atoms with Crippen molar-refractivity contribution in [3.63, 3.8) is 0 Å². The summed E-state index contributed by atoms with van der Waals surface area (Å²) in [6.07, 6.45) is 2.03. The molecule has 1 amide bonds. The number of hydrogen-bond donors (Lipinski definition) is 1. The molecular weight excluding hydrogens is 328 g/mol. The fourth-order valence-electron chi connectivity index (χ4n) is 4.18. The number of carbonyl (C=O) groups excluding carboxylic acids is 1. The molecule has 0 aromatic heterocycles. The Bertz CT molecular complexity index is 643. The molecule has 144 valence electrons. The zero-order valence-electron chi connectivity index (χ0n) is 16.5. The number of rotatable bonds is 3. The lowest BCUT2D eigenvalue weighted by molar-refractivity contribution is -0.148. The molecule has 0 spiro atoms. The van der Waals surface area contributed by atoms with Gasteiger partial charge in [0.15, 0.2) is 0 Å². The van der Waals surface area contributed by atoms with Crippen molar-refractivity contribution in [3.8, 4) is 5.75 Å². The summed E-state index contributed by atoms with van der Waals surface area (Å²) in [6, 6.07) is 3.93. The second kappa shape index (κ2) is 7.97. The first-order valence-electron chi connectivity index (χ1n) is 9.79. The molecule has 2 atom stereocenters. The number of nitrogens with zero attached hydrogens (tertiary/aromatic N) is 2. The Hall–Kier alpha value is -1.59. The van der Waals surface area contributed by atoms with Crippen LogP contribution >= 0.6 is 0 Å². The number of aryl methyl sites for hydroxylation is 2. The van der Waals surface area contributed by atoms with Crippen LogP contribution in [0.5, 0.6) is 5.75 Å². The van der Waals surface area contributed by atoms with Gasteiger partial charge in [0, 0.05) is 31.1 Å². The fourth-order valence-corrected chi connectivity index (χ4v) is 4.18. The number of benzene rings is 1. The number of carbonyl (C=O) groups is 1. The van der Waals surface area contributed by atoms with Gasteiger partial charge < -0.3 is 14.7 Å². The van der Waals surface area contributed by atoms with E-state index in [4.69, 9.17) is 4.74 Å². The molecule has 5 nitrogen and oxygen atoms in total. The molecule has 2 aliphatic heterocycles. The zero-order valence-corrected chi connectivity index (χ0v) is 16.5. The Morgan fingerprint density at radius 3 is 2.31 bits per heavy atom. The lowest BCUT2D eigenvalue weighted by atomic mass is 9.94. The second-order valence-corrected chi connectivity index (χ2v) is 8.12. The summed E-state index contributed by atoms with van der Waals surface area (Å²) in [5.74, 6) is 0.792. The predicted molar refractivity (Wildman–Crippen MR) is 102 cm³/mol. The average Bonchev–Trinajstić information content (AvgIpc) is 2.59. The minimum Gasteiger partial charge on any atom is -0.508 e. The predicted octanol–water partition coefficient (Wildman–Crippen LogP) is 2.86. The molecule has 2 fully saturated rings. The SMILES string of the molecule is Cc1cc(O)c(CN2CCC(C(=O)N3C[C@@H](C)O[C@@H](C)C3)CC2)cc1C. The van der Waals surface area contributed by atoms with Gasteiger partial charge in [0.25, 0.3) is 0 Å². The van der Waals surface area contributed by atoms with E-state index in [0.29, 0.717) is 24.7 Å². The van der Waals surface area contributed by atoms with E-state index in [2.05, 4.69) is 17.9 Å². The van der Waals surface area contributed by atoms with Crippen LogP contribution in [0.2, 0.25) is 0 Å². The molecule has 1 N–H and O–H groups in total. The number of phenols is 1. The molecule has 1 aromatic carbocycles. The van der Waals surface area contributed by atoms with E-state index < -0.39 is 0 Å². The largest absolute Gasteiger partial charge is 0.508 e. The molecule has 0 unspecified atom stereocenters. The molecule has 0 saturated carbocycles. The van der Waals surface area contributed by atoms with Crippen LogP contribution in [0.4, 0.5) is 0 Å². The summed E-state index contributed by atoms with van der Waals surface area (Å²) in [5.41, 5.74) is 3.30. The first-order valence-corrected chi connectivity index (χ1v) is 9.79. The number of likely N-dealkylation sites (tertiary alicyclic amines) is 1. The Morgan fingerprint density at radius 2 is 1.69 bits per heavy atom. The first-order chi connectivity index (χ1) is 12.3. The number of amides is 1. The highest BCUT2D eigenvalue weighted by Crippen LogP contribution is 2.27. The van der Waals surface area contributed by atoms with Gasteiger partial charge >= 0.3 is 0 Å². The maximum absolute atomic E-state index is 12.9. The number of hydrogen-bond acceptors (Lipinski definition) is 4. The third-order valence-corrected chi connectivity index (χ3v) is 5.76. The van der Waals surface area contributed by atoms with E-state index >= 15 is 0 Å². The Labute approximate surface area is 156 Å². The highest BCUT2D eigenvalue weighted by molar-refractivity contribution is 5.79. The van der Waals surface area contributed by atoms with E-state index in [1.165, 1.54) is 5.56 Å². The van der Waals surface area contributed by atoms with E-state index in [1.807, 2.05) is 31.7 Å². The smallest absolute Gasteiger partial charge is 0.225 e. The van der Waals surface area contributed by atoms with Gasteiger partial charge in [-0.15, -0.1) is 0 Å². The van der Waals surface area contributed by atoms with Gasteiger partial charge in [0.1, 0.15) is 5.75 Å². The molecule has 2 aliphatic rings. The molecule has 2 heterocycles. The molecule has 2 saturated heterocycles. The maximum Gasteiger partial charge on any atom is 0.225 e. The van der Waals surface area contributed by atoms with Gasteiger partial charge in [0.2, 0.25) is 5.91 Å². The van der Waals surface area contributed by atoms with Crippen molar-refractivity contribution in [1.29, 1.82) is 0 Å². The summed E-state index contributed by atoms with van der Waals surface area (Å²) in [4.78, 5) is 17.2. The maximum atomic E-state index is 12.9. The van der Waals surface area contributed by atoms with Crippen LogP contribution in [0.3, 0.4) is 0 Å². The van der Waals surface area contributed by atoms with Crippen LogP contribution in [0, 0.1) is 19.8 Å². The van der Waals surface area contributed by atoms with Crippen LogP contribution in [0.1, 0.15) is 43.4 Å². The number of aromatic hydroxyl groups is 1. The van der Waals surface area contributed by atoms with Crippen molar-refractivity contribution < 1.29 is 14.6 Å². The van der Waals surface area contributed by atoms with Gasteiger partial charge in [0.05, 0.1) is 12.2 Å². The standard InChI is InChI=1S/C21H32N2O3/c1-14-9-19(20(24)10-15(14)2)13-22-7-5-18(6-8-22)21(25)23-11-16(3)26-17(4)12-23/h9-10,16-18,24H,5-8,11-13H2,1-4H3/t16-,17+. The quantitative estimate of drug-likeness (QED) is 0.901. The van der Waals surface area contributed by atoms with Crippen LogP contribution in [0.25, 0.3) is 0 Å². The van der Waals surface area contributed by atoms with E-state index in [1.54, 1.807) is 0 Å². The number of piperidine rings is 1. The van der Waals surface area contributed by atoms with Gasteiger partial charge in [-0.2, -0.15) is 0 Å². The third-order valence-electron chi connectivity index (χ3n) is 5.76. The van der Waals surface area contributed by atoms with Gasteiger partial charge in [-0.1, -0.05) is 6.07 Å². The molecule has 0 bridgehead atoms. The van der Waals surface area contributed by atoms with Crippen molar-refractivity contribution in [2.75, 3.05) is 26.2 Å². The van der Waals surface area contributed by atoms with E-state index in [-0.39, 0.29) is 18.1 Å². The van der Waals surface area contributed by atoms with Crippen molar-refractivity contribution in [1.82, 2.24) is 9.80 Å². The number of morpholine rings is 1. The van der Waals surface area contributed by atoms with Crippen molar-refractivity contribution in [3.05, 3.63) is 28.8 Å². The zero-order chi connectivity index (χ0) is 18.8. The first kappa shape index (κ1) is 19.2. The lowest BCUT2D eigenvalue weighted by Gasteiger charge is -2.39. The second-order valence-electron chi connectivity index (χ2n) is 8.12. The van der Waals surface area contributed by atoms with Gasteiger partial charge in [-0.25, -0.2) is 0 Å². The van der Waals surface area contributed by atoms with Crippen molar-refractivity contribution in [2.24, 2.45) is 5.92 Å². The summed E-state index contributed by atoms with van der Waals surface area (Å²) in [6.45, 7) is 12.1. The highest BCUT2D eigenvalue weighted by Gasteiger charge is 2.32. The van der Waals surface area contributed by atoms with E-state index in [9.17, 15) is 9.90 Å². The number of phenolic OH excluding ortho intramolecular Hbond substituents is 1. The van der Waals surface area contributed by atoms with Crippen molar-refractivity contribution in [2.45, 2.75) is 59.3 Å². The van der Waals surface area contributed by atoms with Gasteiger partial charge in [-0.05, 0) is 70.8 Å². The molecular formula is C21H32N2O3. The lowest BCUT2D eigenvalue weighted by Crippen LogP contribution is -2.51.